The Hall–Kier alpha value is -1.80. The molecular formula is C28H44N2O5S. The summed E-state index contributed by atoms with van der Waals surface area (Å²) < 4.78 is 5.01. The van der Waals surface area contributed by atoms with Gasteiger partial charge in [0.15, 0.2) is 0 Å². The van der Waals surface area contributed by atoms with Crippen molar-refractivity contribution in [3.63, 3.8) is 0 Å². The molecule has 0 aromatic heterocycles. The van der Waals surface area contributed by atoms with Gasteiger partial charge in [-0.1, -0.05) is 38.8 Å². The summed E-state index contributed by atoms with van der Waals surface area (Å²) in [5.74, 6) is -1.39. The van der Waals surface area contributed by atoms with Crippen molar-refractivity contribution in [1.82, 2.24) is 9.80 Å². The normalized spacial score (nSPS) is 30.4. The zero-order chi connectivity index (χ0) is 26.3. The second-order valence-electron chi connectivity index (χ2n) is 10.4. The van der Waals surface area contributed by atoms with Crippen LogP contribution in [0.3, 0.4) is 0 Å². The molecule has 3 aliphatic heterocycles. The summed E-state index contributed by atoms with van der Waals surface area (Å²) in [7, 11) is 0. The Labute approximate surface area is 220 Å². The zero-order valence-electron chi connectivity index (χ0n) is 22.0. The Balaban J connectivity index is 1.93. The lowest BCUT2D eigenvalue weighted by atomic mass is 9.66. The van der Waals surface area contributed by atoms with Crippen LogP contribution in [-0.4, -0.2) is 81.6 Å². The first-order valence-corrected chi connectivity index (χ1v) is 14.5. The molecule has 3 fully saturated rings. The van der Waals surface area contributed by atoms with Gasteiger partial charge in [-0.2, -0.15) is 0 Å². The van der Waals surface area contributed by atoms with Crippen molar-refractivity contribution in [2.75, 3.05) is 32.8 Å². The third-order valence-electron chi connectivity index (χ3n) is 8.05. The van der Waals surface area contributed by atoms with Crippen LogP contribution in [0.25, 0.3) is 0 Å². The van der Waals surface area contributed by atoms with Crippen LogP contribution in [0.15, 0.2) is 25.3 Å². The molecule has 2 bridgehead atoms. The van der Waals surface area contributed by atoms with Gasteiger partial charge in [-0.3, -0.25) is 14.4 Å². The van der Waals surface area contributed by atoms with E-state index in [4.69, 9.17) is 4.74 Å². The third kappa shape index (κ3) is 5.40. The van der Waals surface area contributed by atoms with E-state index in [1.54, 1.807) is 28.8 Å². The van der Waals surface area contributed by atoms with Gasteiger partial charge in [-0.05, 0) is 44.4 Å². The number of nitrogens with zero attached hydrogens (tertiary/aromatic N) is 2. The molecule has 0 aromatic carbocycles. The molecule has 3 rings (SSSR count). The van der Waals surface area contributed by atoms with Gasteiger partial charge in [-0.25, -0.2) is 0 Å². The lowest BCUT2D eigenvalue weighted by Gasteiger charge is -2.40. The highest BCUT2D eigenvalue weighted by Gasteiger charge is 2.76. The number of fused-ring (bicyclic) bond motifs is 1. The van der Waals surface area contributed by atoms with Crippen LogP contribution >= 0.6 is 11.8 Å². The highest BCUT2D eigenvalue weighted by Crippen LogP contribution is 2.68. The fourth-order valence-corrected chi connectivity index (χ4v) is 8.77. The fraction of sp³-hybridized carbons (Fsp3) is 0.750. The summed E-state index contributed by atoms with van der Waals surface area (Å²) >= 11 is 1.68. The summed E-state index contributed by atoms with van der Waals surface area (Å²) in [6.45, 7) is 13.7. The fourth-order valence-electron chi connectivity index (χ4n) is 6.37. The number of carbonyl (C=O) groups excluding carboxylic acids is 3. The molecule has 3 aliphatic rings. The van der Waals surface area contributed by atoms with E-state index in [-0.39, 0.29) is 35.6 Å². The quantitative estimate of drug-likeness (QED) is 0.189. The van der Waals surface area contributed by atoms with Crippen LogP contribution in [0.4, 0.5) is 0 Å². The first kappa shape index (κ1) is 28.8. The van der Waals surface area contributed by atoms with E-state index in [0.29, 0.717) is 45.5 Å². The van der Waals surface area contributed by atoms with Crippen LogP contribution < -0.4 is 0 Å². The molecule has 1 spiro atoms. The first-order valence-electron chi connectivity index (χ1n) is 13.6. The summed E-state index contributed by atoms with van der Waals surface area (Å²) in [5, 5.41) is 9.33. The van der Waals surface area contributed by atoms with Crippen molar-refractivity contribution < 1.29 is 24.2 Å². The molecule has 1 N–H and O–H groups in total. The Bertz CT molecular complexity index is 820. The van der Waals surface area contributed by atoms with Gasteiger partial charge in [0.1, 0.15) is 6.04 Å². The molecule has 6 atom stereocenters. The second kappa shape index (κ2) is 13.1. The number of carbonyl (C=O) groups is 3. The number of ether oxygens (including phenoxy) is 1. The van der Waals surface area contributed by atoms with Gasteiger partial charge in [0, 0.05) is 31.5 Å². The molecule has 2 amide bonds. The highest BCUT2D eigenvalue weighted by atomic mass is 32.2. The van der Waals surface area contributed by atoms with Crippen LogP contribution in [0.2, 0.25) is 0 Å². The lowest BCUT2D eigenvalue weighted by Crippen LogP contribution is -2.57. The van der Waals surface area contributed by atoms with Crippen LogP contribution in [0.1, 0.15) is 65.2 Å². The minimum absolute atomic E-state index is 0.0105. The van der Waals surface area contributed by atoms with Crippen LogP contribution in [0, 0.1) is 17.8 Å². The number of unbranched alkanes of at least 4 members (excludes halogenated alkanes) is 4. The molecule has 8 heteroatoms. The number of esters is 1. The first-order chi connectivity index (χ1) is 17.4. The molecule has 3 saturated heterocycles. The van der Waals surface area contributed by atoms with Crippen molar-refractivity contribution in [3.8, 4) is 0 Å². The van der Waals surface area contributed by atoms with Crippen molar-refractivity contribution in [2.45, 2.75) is 81.3 Å². The van der Waals surface area contributed by atoms with Crippen LogP contribution in [-0.2, 0) is 19.1 Å². The van der Waals surface area contributed by atoms with Crippen molar-refractivity contribution in [1.29, 1.82) is 0 Å². The van der Waals surface area contributed by atoms with Gasteiger partial charge in [-0.15, -0.1) is 24.9 Å². The van der Waals surface area contributed by atoms with Gasteiger partial charge >= 0.3 is 5.97 Å². The van der Waals surface area contributed by atoms with Crippen molar-refractivity contribution in [2.24, 2.45) is 17.8 Å². The van der Waals surface area contributed by atoms with E-state index in [9.17, 15) is 19.5 Å². The van der Waals surface area contributed by atoms with Crippen molar-refractivity contribution in [3.05, 3.63) is 25.3 Å². The Morgan fingerprint density at radius 2 is 2.00 bits per heavy atom. The molecule has 202 valence electrons. The minimum Gasteiger partial charge on any atom is -0.465 e. The summed E-state index contributed by atoms with van der Waals surface area (Å²) in [5.41, 5.74) is 0. The van der Waals surface area contributed by atoms with E-state index in [0.717, 1.165) is 32.1 Å². The predicted octanol–water partition coefficient (Wildman–Crippen LogP) is 3.81. The maximum Gasteiger partial charge on any atom is 0.310 e. The lowest BCUT2D eigenvalue weighted by molar-refractivity contribution is -0.154. The average Bonchev–Trinajstić information content (AvgIpc) is 3.45. The average molecular weight is 521 g/mol. The summed E-state index contributed by atoms with van der Waals surface area (Å²) in [6, 6.07) is -0.612. The molecule has 3 unspecified atom stereocenters. The van der Waals surface area contributed by atoms with Gasteiger partial charge in [0.25, 0.3) is 0 Å². The minimum atomic E-state index is -0.632. The number of hydrogen-bond acceptors (Lipinski definition) is 6. The van der Waals surface area contributed by atoms with E-state index in [2.05, 4.69) is 27.0 Å². The molecule has 7 nitrogen and oxygen atoms in total. The van der Waals surface area contributed by atoms with Crippen LogP contribution in [0.5, 0.6) is 0 Å². The summed E-state index contributed by atoms with van der Waals surface area (Å²) in [4.78, 5) is 45.1. The number of hydrogen-bond donors (Lipinski definition) is 1. The van der Waals surface area contributed by atoms with E-state index < -0.39 is 22.6 Å². The monoisotopic (exact) mass is 520 g/mol. The Kier molecular flexibility index (Phi) is 10.5. The topological polar surface area (TPSA) is 87.1 Å². The van der Waals surface area contributed by atoms with E-state index in [1.807, 2.05) is 4.90 Å². The van der Waals surface area contributed by atoms with E-state index in [1.165, 1.54) is 0 Å². The maximum atomic E-state index is 14.2. The molecule has 0 aromatic rings. The smallest absolute Gasteiger partial charge is 0.310 e. The van der Waals surface area contributed by atoms with Gasteiger partial charge < -0.3 is 19.6 Å². The number of aliphatic hydroxyl groups is 1. The number of rotatable bonds is 16. The standard InChI is InChI=1S/C28H44N2O5S/c1-5-8-10-15-29(14-7-3)26(33)24-28-20(4)19-21(36-28)22(27(34)35-18-13-9-6-2)23(28)25(32)30(24)16-11-12-17-31/h6-7,20-24,31H,2-3,5,8-19H2,1,4H3/t20?,21-,22+,23+,24?,28?/m1/s1. The third-order valence-corrected chi connectivity index (χ3v) is 10.1. The Morgan fingerprint density at radius 3 is 2.67 bits per heavy atom. The molecule has 0 saturated carbocycles. The molecule has 3 heterocycles. The predicted molar refractivity (Wildman–Crippen MR) is 143 cm³/mol. The number of amides is 2. The number of likely N-dealkylation sites (tertiary alicyclic amines) is 1. The van der Waals surface area contributed by atoms with Gasteiger partial charge in [0.2, 0.25) is 11.8 Å². The Morgan fingerprint density at radius 1 is 1.22 bits per heavy atom. The molecule has 0 radical (unpaired) electrons. The number of thioether (sulfide) groups is 1. The maximum absolute atomic E-state index is 14.2. The van der Waals surface area contributed by atoms with Gasteiger partial charge in [0.05, 0.1) is 23.2 Å². The second-order valence-corrected chi connectivity index (χ2v) is 11.9. The summed E-state index contributed by atoms with van der Waals surface area (Å²) in [6.07, 6.45) is 10.0. The van der Waals surface area contributed by atoms with Crippen molar-refractivity contribution >= 4 is 29.5 Å². The SMILES string of the molecule is C=CCCCOC(=O)[C@@H]1[C@H]2C(=O)N(CCCCO)C(C(=O)N(CC=C)CCCCC)C23S[C@@H]1CC3C. The molecular weight excluding hydrogens is 476 g/mol. The molecule has 36 heavy (non-hydrogen) atoms. The van der Waals surface area contributed by atoms with E-state index >= 15 is 0 Å². The number of aliphatic hydroxyl groups excluding tert-OH is 1. The largest absolute Gasteiger partial charge is 0.465 e. The highest BCUT2D eigenvalue weighted by molar-refractivity contribution is 8.02. The molecule has 0 aliphatic carbocycles. The number of allylic oxidation sites excluding steroid dienone is 1. The zero-order valence-corrected chi connectivity index (χ0v) is 22.8.